The summed E-state index contributed by atoms with van der Waals surface area (Å²) in [4.78, 5) is 20.3. The molecule has 1 aliphatic heterocycles. The zero-order valence-electron chi connectivity index (χ0n) is 33.9. The molecule has 8 nitrogen and oxygen atoms in total. The van der Waals surface area contributed by atoms with Crippen LogP contribution in [0.15, 0.2) is 146 Å². The van der Waals surface area contributed by atoms with Gasteiger partial charge in [-0.1, -0.05) is 130 Å². The summed E-state index contributed by atoms with van der Waals surface area (Å²) in [6.07, 6.45) is 5.88. The second-order valence-electron chi connectivity index (χ2n) is 16.9. The number of hydrogen-bond donors (Lipinski definition) is 0. The summed E-state index contributed by atoms with van der Waals surface area (Å²) in [7, 11) is 1.97. The highest BCUT2D eigenvalue weighted by atomic mass is 16.5. The summed E-state index contributed by atoms with van der Waals surface area (Å²) in [6, 6.07) is 46.9. The third-order valence-corrected chi connectivity index (χ3v) is 10.5. The van der Waals surface area contributed by atoms with E-state index in [-0.39, 0.29) is 10.8 Å². The molecule has 58 heavy (non-hydrogen) atoms. The number of pyridine rings is 1. The van der Waals surface area contributed by atoms with Gasteiger partial charge in [0.05, 0.1) is 22.7 Å². The van der Waals surface area contributed by atoms with Gasteiger partial charge in [0.2, 0.25) is 11.9 Å². The fourth-order valence-electron chi connectivity index (χ4n) is 7.33. The molecule has 0 radical (unpaired) electrons. The first-order chi connectivity index (χ1) is 27.9. The Morgan fingerprint density at radius 3 is 1.86 bits per heavy atom. The minimum atomic E-state index is -0.157. The number of rotatable bonds is 7. The van der Waals surface area contributed by atoms with Gasteiger partial charge in [0.25, 0.3) is 6.20 Å². The van der Waals surface area contributed by atoms with E-state index in [2.05, 4.69) is 119 Å². The van der Waals surface area contributed by atoms with Crippen molar-refractivity contribution in [3.63, 3.8) is 0 Å². The van der Waals surface area contributed by atoms with E-state index in [1.165, 1.54) is 5.56 Å². The van der Waals surface area contributed by atoms with Gasteiger partial charge in [-0.3, -0.25) is 4.57 Å². The minimum absolute atomic E-state index is 0.0620. The van der Waals surface area contributed by atoms with Gasteiger partial charge in [0.15, 0.2) is 24.5 Å². The van der Waals surface area contributed by atoms with Crippen LogP contribution in [-0.2, 0) is 10.8 Å². The molecule has 1 aliphatic rings. The molecule has 284 valence electrons. The van der Waals surface area contributed by atoms with E-state index in [4.69, 9.17) is 24.7 Å². The Hall–Kier alpha value is -7.02. The van der Waals surface area contributed by atoms with Gasteiger partial charge >= 0.3 is 6.01 Å². The number of benzene rings is 5. The van der Waals surface area contributed by atoms with Crippen LogP contribution >= 0.6 is 0 Å². The lowest BCUT2D eigenvalue weighted by atomic mass is 9.86. The lowest BCUT2D eigenvalue weighted by Crippen LogP contribution is -2.12. The Morgan fingerprint density at radius 2 is 1.22 bits per heavy atom. The smallest absolute Gasteiger partial charge is 0.456 e. The van der Waals surface area contributed by atoms with E-state index in [0.29, 0.717) is 29.0 Å². The van der Waals surface area contributed by atoms with Crippen molar-refractivity contribution >= 4 is 33.5 Å². The lowest BCUT2D eigenvalue weighted by Gasteiger charge is -2.21. The van der Waals surface area contributed by atoms with Crippen LogP contribution in [0.25, 0.3) is 61.8 Å². The predicted molar refractivity (Wildman–Crippen MR) is 232 cm³/mol. The molecule has 0 fully saturated rings. The second kappa shape index (κ2) is 14.2. The average Bonchev–Trinajstić information content (AvgIpc) is 3.81. The van der Waals surface area contributed by atoms with E-state index in [1.807, 2.05) is 95.5 Å². The second-order valence-corrected chi connectivity index (χ2v) is 16.9. The number of nitrogens with zero attached hydrogens (tertiary/aromatic N) is 7. The quantitative estimate of drug-likeness (QED) is 0.151. The number of para-hydroxylation sites is 1. The van der Waals surface area contributed by atoms with E-state index >= 15 is 0 Å². The molecular weight excluding hydrogens is 715 g/mol. The summed E-state index contributed by atoms with van der Waals surface area (Å²) in [5.74, 6) is 3.79. The van der Waals surface area contributed by atoms with Gasteiger partial charge in [0, 0.05) is 40.2 Å². The SMILES string of the molecule is C[N+]1=C=[N+](c2cc(Oc3cc4c(cc3-c3nc(-c5ccccc5)nc(-c5ccccc5)n3)c3ccccc3n4-c3cc(C(C)(C)C)ccn3)cc(C(C)(C)C)c2)C=C1. The van der Waals surface area contributed by atoms with E-state index in [1.54, 1.807) is 0 Å². The first-order valence-electron chi connectivity index (χ1n) is 19.6. The standard InChI is InChI=1S/C50H45N7O/c1-49(2,3)35-22-23-51-45(28-35)57-42-21-15-14-20-39(42)40-30-41(48-53-46(33-16-10-8-11-17-33)52-47(54-48)34-18-12-9-13-19-34)44(31-43(40)57)58-38-27-36(50(4,5)6)26-37(29-38)56-25-24-55(7)32-56/h8-31H,1-7H3/q+2. The van der Waals surface area contributed by atoms with Gasteiger partial charge in [-0.05, 0) is 52.3 Å². The molecule has 0 aliphatic carbocycles. The van der Waals surface area contributed by atoms with Crippen molar-refractivity contribution in [2.75, 3.05) is 7.05 Å². The molecule has 0 unspecified atom stereocenters. The monoisotopic (exact) mass is 759 g/mol. The van der Waals surface area contributed by atoms with Crippen LogP contribution in [0.5, 0.6) is 11.5 Å². The zero-order valence-corrected chi connectivity index (χ0v) is 33.9. The molecule has 4 heterocycles. The number of hydrogen-bond acceptors (Lipinski definition) is 5. The molecule has 0 saturated carbocycles. The Kier molecular flexibility index (Phi) is 8.95. The van der Waals surface area contributed by atoms with Gasteiger partial charge in [0.1, 0.15) is 17.3 Å². The van der Waals surface area contributed by atoms with Crippen molar-refractivity contribution < 1.29 is 13.9 Å². The van der Waals surface area contributed by atoms with Crippen molar-refractivity contribution in [1.29, 1.82) is 0 Å². The van der Waals surface area contributed by atoms with Crippen LogP contribution in [0, 0.1) is 0 Å². The predicted octanol–water partition coefficient (Wildman–Crippen LogP) is 11.7. The summed E-state index contributed by atoms with van der Waals surface area (Å²) in [6.45, 7) is 13.3. The maximum atomic E-state index is 7.16. The molecule has 5 aromatic carbocycles. The molecule has 0 amide bonds. The normalized spacial score (nSPS) is 12.9. The maximum absolute atomic E-state index is 7.16. The first-order valence-corrected chi connectivity index (χ1v) is 19.6. The molecule has 0 N–H and O–H groups in total. The highest BCUT2D eigenvalue weighted by Crippen LogP contribution is 2.43. The lowest BCUT2D eigenvalue weighted by molar-refractivity contribution is -0.429. The molecule has 0 bridgehead atoms. The number of aromatic nitrogens is 5. The summed E-state index contributed by atoms with van der Waals surface area (Å²) in [5.41, 5.74) is 7.58. The molecule has 8 heteroatoms. The van der Waals surface area contributed by atoms with Crippen LogP contribution < -0.4 is 4.74 Å². The van der Waals surface area contributed by atoms with Crippen molar-refractivity contribution in [2.24, 2.45) is 0 Å². The van der Waals surface area contributed by atoms with Crippen molar-refractivity contribution in [3.8, 4) is 51.5 Å². The zero-order chi connectivity index (χ0) is 40.2. The van der Waals surface area contributed by atoms with Crippen molar-refractivity contribution in [3.05, 3.63) is 157 Å². The molecular formula is C50H45N7O+2. The third-order valence-electron chi connectivity index (χ3n) is 10.5. The van der Waals surface area contributed by atoms with Crippen LogP contribution in [0.2, 0.25) is 0 Å². The average molecular weight is 760 g/mol. The van der Waals surface area contributed by atoms with Crippen molar-refractivity contribution in [1.82, 2.24) is 24.5 Å². The Morgan fingerprint density at radius 1 is 0.586 bits per heavy atom. The molecule has 8 aromatic rings. The van der Waals surface area contributed by atoms with Crippen LogP contribution in [0.3, 0.4) is 0 Å². The van der Waals surface area contributed by atoms with Crippen LogP contribution in [0.4, 0.5) is 5.69 Å². The van der Waals surface area contributed by atoms with Gasteiger partial charge in [-0.15, -0.1) is 0 Å². The van der Waals surface area contributed by atoms with Gasteiger partial charge in [-0.25, -0.2) is 19.9 Å². The molecule has 0 saturated heterocycles. The largest absolute Gasteiger partial charge is 0.495 e. The first kappa shape index (κ1) is 36.6. The fourth-order valence-corrected chi connectivity index (χ4v) is 7.33. The number of fused-ring (bicyclic) bond motifs is 3. The van der Waals surface area contributed by atoms with Crippen molar-refractivity contribution in [2.45, 2.75) is 52.4 Å². The highest BCUT2D eigenvalue weighted by Gasteiger charge is 2.26. The molecule has 0 atom stereocenters. The Balaban J connectivity index is 1.34. The summed E-state index contributed by atoms with van der Waals surface area (Å²) in [5, 5.41) is 2.12. The highest BCUT2D eigenvalue weighted by molar-refractivity contribution is 6.11. The fraction of sp³-hybridized carbons (Fsp3) is 0.180. The summed E-state index contributed by atoms with van der Waals surface area (Å²) < 4.78 is 13.3. The summed E-state index contributed by atoms with van der Waals surface area (Å²) >= 11 is 0. The maximum Gasteiger partial charge on any atom is 0.495 e. The van der Waals surface area contributed by atoms with E-state index in [0.717, 1.165) is 55.6 Å². The Labute approximate surface area is 338 Å². The van der Waals surface area contributed by atoms with Crippen LogP contribution in [0.1, 0.15) is 52.7 Å². The third kappa shape index (κ3) is 6.99. The van der Waals surface area contributed by atoms with E-state index in [9.17, 15) is 0 Å². The van der Waals surface area contributed by atoms with Gasteiger partial charge < -0.3 is 4.74 Å². The molecule has 9 rings (SSSR count). The van der Waals surface area contributed by atoms with E-state index < -0.39 is 0 Å². The molecule has 0 spiro atoms. The molecule has 3 aromatic heterocycles. The Bertz CT molecular complexity index is 2920. The topological polar surface area (TPSA) is 71.7 Å². The number of ether oxygens (including phenoxy) is 1. The van der Waals surface area contributed by atoms with Gasteiger partial charge in [-0.2, -0.15) is 0 Å². The minimum Gasteiger partial charge on any atom is -0.456 e. The van der Waals surface area contributed by atoms with Crippen LogP contribution in [-0.4, -0.2) is 46.7 Å².